The molecule has 6 nitrogen and oxygen atoms in total. The number of nitrogens with zero attached hydrogens (tertiary/aromatic N) is 2. The van der Waals surface area contributed by atoms with Gasteiger partial charge in [-0.05, 0) is 67.9 Å². The van der Waals surface area contributed by atoms with Gasteiger partial charge >= 0.3 is 0 Å². The molecular weight excluding hydrogens is 328 g/mol. The molecule has 0 aliphatic heterocycles. The summed E-state index contributed by atoms with van der Waals surface area (Å²) in [6.07, 6.45) is 0. The molecule has 0 aliphatic carbocycles. The average molecular weight is 348 g/mol. The number of nitrogens with one attached hydrogen (secondary N) is 2. The molecule has 0 fully saturated rings. The highest BCUT2D eigenvalue weighted by Gasteiger charge is 2.09. The first-order valence-electron chi connectivity index (χ1n) is 8.35. The van der Waals surface area contributed by atoms with Crippen LogP contribution in [0.15, 0.2) is 60.7 Å². The van der Waals surface area contributed by atoms with Crippen molar-refractivity contribution >= 4 is 23.1 Å². The van der Waals surface area contributed by atoms with E-state index in [1.165, 1.54) is 0 Å². The molecule has 0 aliphatic rings. The summed E-state index contributed by atoms with van der Waals surface area (Å²) < 4.78 is 5.41. The quantitative estimate of drug-likeness (QED) is 0.699. The Morgan fingerprint density at radius 3 is 2.46 bits per heavy atom. The Bertz CT molecular complexity index is 877. The van der Waals surface area contributed by atoms with Crippen molar-refractivity contribution in [3.63, 3.8) is 0 Å². The van der Waals surface area contributed by atoms with Crippen molar-refractivity contribution in [1.29, 1.82) is 0 Å². The molecule has 0 unspecified atom stereocenters. The first-order valence-corrected chi connectivity index (χ1v) is 8.35. The second-order valence-corrected chi connectivity index (χ2v) is 5.71. The Balaban J connectivity index is 1.63. The second-order valence-electron chi connectivity index (χ2n) is 5.71. The van der Waals surface area contributed by atoms with E-state index in [4.69, 9.17) is 4.74 Å². The molecule has 0 saturated heterocycles. The maximum absolute atomic E-state index is 12.2. The lowest BCUT2D eigenvalue weighted by atomic mass is 10.2. The van der Waals surface area contributed by atoms with E-state index in [1.54, 1.807) is 12.1 Å². The number of benzene rings is 2. The molecule has 1 heterocycles. The number of carbonyl (C=O) groups is 1. The van der Waals surface area contributed by atoms with E-state index in [9.17, 15) is 4.79 Å². The number of amides is 1. The molecule has 26 heavy (non-hydrogen) atoms. The van der Waals surface area contributed by atoms with Crippen LogP contribution >= 0.6 is 0 Å². The van der Waals surface area contributed by atoms with Gasteiger partial charge in [0.2, 0.25) is 0 Å². The van der Waals surface area contributed by atoms with E-state index in [0.717, 1.165) is 22.7 Å². The van der Waals surface area contributed by atoms with Crippen molar-refractivity contribution in [2.45, 2.75) is 13.8 Å². The molecule has 1 aromatic heterocycles. The summed E-state index contributed by atoms with van der Waals surface area (Å²) in [6.45, 7) is 4.54. The van der Waals surface area contributed by atoms with Crippen molar-refractivity contribution in [1.82, 2.24) is 10.2 Å². The van der Waals surface area contributed by atoms with Gasteiger partial charge in [0.1, 0.15) is 5.75 Å². The van der Waals surface area contributed by atoms with Crippen LogP contribution in [0.25, 0.3) is 0 Å². The van der Waals surface area contributed by atoms with E-state index in [1.807, 2.05) is 62.4 Å². The van der Waals surface area contributed by atoms with Gasteiger partial charge in [0.25, 0.3) is 5.91 Å². The third-order valence-electron chi connectivity index (χ3n) is 3.61. The van der Waals surface area contributed by atoms with Gasteiger partial charge in [0.15, 0.2) is 11.5 Å². The number of ether oxygens (including phenoxy) is 1. The zero-order valence-corrected chi connectivity index (χ0v) is 14.7. The maximum atomic E-state index is 12.2. The first-order chi connectivity index (χ1) is 12.6. The summed E-state index contributed by atoms with van der Waals surface area (Å²) in [5.41, 5.74) is 2.92. The van der Waals surface area contributed by atoms with Crippen LogP contribution in [0.3, 0.4) is 0 Å². The third kappa shape index (κ3) is 4.57. The number of carbonyl (C=O) groups excluding carboxylic acids is 1. The number of anilines is 3. The molecule has 3 aromatic rings. The topological polar surface area (TPSA) is 76.1 Å². The molecule has 2 aromatic carbocycles. The van der Waals surface area contributed by atoms with E-state index >= 15 is 0 Å². The predicted octanol–water partition coefficient (Wildman–Crippen LogP) is 4.18. The highest BCUT2D eigenvalue weighted by atomic mass is 16.5. The number of hydrogen-bond donors (Lipinski definition) is 2. The molecule has 2 N–H and O–H groups in total. The van der Waals surface area contributed by atoms with Crippen LogP contribution in [0.1, 0.15) is 23.0 Å². The van der Waals surface area contributed by atoms with Crippen LogP contribution in [0.2, 0.25) is 0 Å². The standard InChI is InChI=1S/C20H20N4O2/c1-3-26-17-9-7-15(8-10-17)21-19-12-11-18(23-24-19)20(25)22-16-6-4-5-14(2)13-16/h4-13H,3H2,1-2H3,(H,21,24)(H,22,25). The SMILES string of the molecule is CCOc1ccc(Nc2ccc(C(=O)Nc3cccc(C)c3)nn2)cc1. The maximum Gasteiger partial charge on any atom is 0.276 e. The third-order valence-corrected chi connectivity index (χ3v) is 3.61. The molecule has 1 amide bonds. The Labute approximate surface area is 152 Å². The molecule has 0 saturated carbocycles. The van der Waals surface area contributed by atoms with Gasteiger partial charge < -0.3 is 15.4 Å². The van der Waals surface area contributed by atoms with Gasteiger partial charge in [-0.1, -0.05) is 12.1 Å². The molecule has 0 bridgehead atoms. The van der Waals surface area contributed by atoms with Crippen LogP contribution < -0.4 is 15.4 Å². The summed E-state index contributed by atoms with van der Waals surface area (Å²) >= 11 is 0. The average Bonchev–Trinajstić information content (AvgIpc) is 2.64. The largest absolute Gasteiger partial charge is 0.494 e. The van der Waals surface area contributed by atoms with Crippen molar-refractivity contribution in [2.24, 2.45) is 0 Å². The van der Waals surface area contributed by atoms with Crippen molar-refractivity contribution < 1.29 is 9.53 Å². The molecule has 132 valence electrons. The fraction of sp³-hybridized carbons (Fsp3) is 0.150. The zero-order valence-electron chi connectivity index (χ0n) is 14.7. The predicted molar refractivity (Wildman–Crippen MR) is 102 cm³/mol. The van der Waals surface area contributed by atoms with Crippen LogP contribution in [0.4, 0.5) is 17.2 Å². The van der Waals surface area contributed by atoms with Gasteiger partial charge in [0.05, 0.1) is 6.61 Å². The van der Waals surface area contributed by atoms with Crippen LogP contribution in [-0.4, -0.2) is 22.7 Å². The minimum absolute atomic E-state index is 0.253. The van der Waals surface area contributed by atoms with Crippen LogP contribution in [0, 0.1) is 6.92 Å². The second kappa shape index (κ2) is 8.11. The van der Waals surface area contributed by atoms with Gasteiger partial charge in [-0.3, -0.25) is 4.79 Å². The highest BCUT2D eigenvalue weighted by Crippen LogP contribution is 2.19. The number of rotatable bonds is 6. The van der Waals surface area contributed by atoms with Gasteiger partial charge in [-0.15, -0.1) is 10.2 Å². The smallest absolute Gasteiger partial charge is 0.276 e. The van der Waals surface area contributed by atoms with E-state index < -0.39 is 0 Å². The molecule has 0 radical (unpaired) electrons. The van der Waals surface area contributed by atoms with Gasteiger partial charge in [-0.2, -0.15) is 0 Å². The van der Waals surface area contributed by atoms with E-state index in [2.05, 4.69) is 20.8 Å². The van der Waals surface area contributed by atoms with Gasteiger partial charge in [0, 0.05) is 11.4 Å². The monoisotopic (exact) mass is 348 g/mol. The number of hydrogen-bond acceptors (Lipinski definition) is 5. The lowest BCUT2D eigenvalue weighted by Gasteiger charge is -2.08. The summed E-state index contributed by atoms with van der Waals surface area (Å²) in [7, 11) is 0. The Morgan fingerprint density at radius 1 is 1.00 bits per heavy atom. The van der Waals surface area contributed by atoms with Crippen molar-refractivity contribution in [3.8, 4) is 5.75 Å². The summed E-state index contributed by atoms with van der Waals surface area (Å²) in [5.74, 6) is 1.07. The van der Waals surface area contributed by atoms with E-state index in [0.29, 0.717) is 12.4 Å². The summed E-state index contributed by atoms with van der Waals surface area (Å²) in [6, 6.07) is 18.5. The Kier molecular flexibility index (Phi) is 5.43. The first kappa shape index (κ1) is 17.4. The lowest BCUT2D eigenvalue weighted by molar-refractivity contribution is 0.102. The van der Waals surface area contributed by atoms with Crippen LogP contribution in [-0.2, 0) is 0 Å². The molecule has 6 heteroatoms. The van der Waals surface area contributed by atoms with Crippen molar-refractivity contribution in [2.75, 3.05) is 17.2 Å². The molecule has 0 atom stereocenters. The normalized spacial score (nSPS) is 10.2. The van der Waals surface area contributed by atoms with E-state index in [-0.39, 0.29) is 11.6 Å². The summed E-state index contributed by atoms with van der Waals surface area (Å²) in [5, 5.41) is 14.0. The number of aryl methyl sites for hydroxylation is 1. The minimum Gasteiger partial charge on any atom is -0.494 e. The molecule has 0 spiro atoms. The molecular formula is C20H20N4O2. The fourth-order valence-electron chi connectivity index (χ4n) is 2.39. The number of aromatic nitrogens is 2. The Morgan fingerprint density at radius 2 is 1.81 bits per heavy atom. The zero-order chi connectivity index (χ0) is 18.4. The Hall–Kier alpha value is -3.41. The highest BCUT2D eigenvalue weighted by molar-refractivity contribution is 6.02. The minimum atomic E-state index is -0.296. The fourth-order valence-corrected chi connectivity index (χ4v) is 2.39. The van der Waals surface area contributed by atoms with Gasteiger partial charge in [-0.25, -0.2) is 0 Å². The van der Waals surface area contributed by atoms with Crippen molar-refractivity contribution in [3.05, 3.63) is 71.9 Å². The van der Waals surface area contributed by atoms with Crippen LogP contribution in [0.5, 0.6) is 5.75 Å². The summed E-state index contributed by atoms with van der Waals surface area (Å²) in [4.78, 5) is 12.2. The lowest BCUT2D eigenvalue weighted by Crippen LogP contribution is -2.14. The molecule has 3 rings (SSSR count).